The Kier molecular flexibility index (Phi) is 13.5. The summed E-state index contributed by atoms with van der Waals surface area (Å²) in [6, 6.07) is 4.04. The predicted molar refractivity (Wildman–Crippen MR) is 82.7 cm³/mol. The van der Waals surface area contributed by atoms with Gasteiger partial charge in [-0.1, -0.05) is 18.2 Å². The fourth-order valence-electron chi connectivity index (χ4n) is 0.929. The first-order valence-corrected chi connectivity index (χ1v) is 7.42. The Morgan fingerprint density at radius 1 is 1.25 bits per heavy atom. The predicted octanol–water partition coefficient (Wildman–Crippen LogP) is 2.60. The molecule has 20 heavy (non-hydrogen) atoms. The van der Waals surface area contributed by atoms with Crippen molar-refractivity contribution in [2.24, 2.45) is 0 Å². The Labute approximate surface area is 125 Å². The minimum absolute atomic E-state index is 0.00667. The molecule has 2 N–H and O–H groups in total. The second-order valence-corrected chi connectivity index (χ2v) is 4.88. The van der Waals surface area contributed by atoms with Crippen LogP contribution in [0.15, 0.2) is 47.4 Å². The van der Waals surface area contributed by atoms with Gasteiger partial charge in [0, 0.05) is 0 Å². The Bertz CT molecular complexity index is 304. The second kappa shape index (κ2) is 14.3. The number of aliphatic hydroxyl groups is 2. The lowest BCUT2D eigenvalue weighted by molar-refractivity contribution is -0.0177. The summed E-state index contributed by atoms with van der Waals surface area (Å²) in [6.45, 7) is 4.43. The maximum atomic E-state index is 8.69. The van der Waals surface area contributed by atoms with E-state index < -0.39 is 6.10 Å². The van der Waals surface area contributed by atoms with Crippen LogP contribution in [0, 0.1) is 0 Å². The molecule has 0 saturated carbocycles. The van der Waals surface area contributed by atoms with Gasteiger partial charge in [-0.15, -0.1) is 0 Å². The van der Waals surface area contributed by atoms with Gasteiger partial charge in [-0.3, -0.25) is 0 Å². The van der Waals surface area contributed by atoms with Crippen molar-refractivity contribution in [1.29, 1.82) is 0 Å². The molecule has 1 aromatic rings. The molecular formula is C15H24O4S. The largest absolute Gasteiger partial charge is 0.497 e. The summed E-state index contributed by atoms with van der Waals surface area (Å²) in [7, 11) is 0. The normalized spacial score (nSPS) is 15.0. The number of thiophene rings is 1. The highest BCUT2D eigenvalue weighted by atomic mass is 32.1. The van der Waals surface area contributed by atoms with E-state index in [4.69, 9.17) is 19.7 Å². The molecule has 1 aliphatic heterocycles. The Morgan fingerprint density at radius 2 is 1.95 bits per heavy atom. The van der Waals surface area contributed by atoms with Crippen LogP contribution in [-0.4, -0.2) is 42.2 Å². The molecule has 2 heterocycles. The SMILES string of the molecule is C1=CCOC=C1.CC(O)COC(C)CO.c1ccsc1. The molecular weight excluding hydrogens is 276 g/mol. The van der Waals surface area contributed by atoms with Gasteiger partial charge in [-0.05, 0) is 36.8 Å². The highest BCUT2D eigenvalue weighted by Gasteiger charge is 2.00. The van der Waals surface area contributed by atoms with Crippen molar-refractivity contribution in [3.63, 3.8) is 0 Å². The summed E-state index contributed by atoms with van der Waals surface area (Å²) >= 11 is 1.71. The minimum atomic E-state index is -0.445. The van der Waals surface area contributed by atoms with Crippen LogP contribution < -0.4 is 0 Å². The van der Waals surface area contributed by atoms with Crippen molar-refractivity contribution in [1.82, 2.24) is 0 Å². The zero-order chi connectivity index (χ0) is 15.1. The topological polar surface area (TPSA) is 58.9 Å². The Morgan fingerprint density at radius 3 is 2.20 bits per heavy atom. The fraction of sp³-hybridized carbons (Fsp3) is 0.467. The number of hydrogen-bond donors (Lipinski definition) is 2. The number of ether oxygens (including phenoxy) is 2. The monoisotopic (exact) mass is 300 g/mol. The van der Waals surface area contributed by atoms with Crippen molar-refractivity contribution >= 4 is 11.3 Å². The summed E-state index contributed by atoms with van der Waals surface area (Å²) in [5, 5.41) is 21.2. The molecule has 1 aliphatic rings. The Balaban J connectivity index is 0.000000283. The fourth-order valence-corrected chi connectivity index (χ4v) is 1.38. The molecule has 1 aromatic heterocycles. The maximum absolute atomic E-state index is 8.69. The highest BCUT2D eigenvalue weighted by Crippen LogP contribution is 1.91. The van der Waals surface area contributed by atoms with Crippen LogP contribution in [0.25, 0.3) is 0 Å². The van der Waals surface area contributed by atoms with Crippen molar-refractivity contribution in [2.45, 2.75) is 26.1 Å². The van der Waals surface area contributed by atoms with Crippen LogP contribution in [0.5, 0.6) is 0 Å². The molecule has 114 valence electrons. The van der Waals surface area contributed by atoms with Crippen LogP contribution >= 0.6 is 11.3 Å². The number of hydrogen-bond acceptors (Lipinski definition) is 5. The first-order valence-electron chi connectivity index (χ1n) is 6.47. The van der Waals surface area contributed by atoms with Crippen molar-refractivity contribution in [3.05, 3.63) is 47.4 Å². The maximum Gasteiger partial charge on any atom is 0.106 e. The molecule has 0 fully saturated rings. The van der Waals surface area contributed by atoms with E-state index in [1.165, 1.54) is 0 Å². The molecule has 0 radical (unpaired) electrons. The first-order chi connectivity index (χ1) is 9.66. The molecule has 0 saturated heterocycles. The smallest absolute Gasteiger partial charge is 0.106 e. The van der Waals surface area contributed by atoms with E-state index >= 15 is 0 Å². The molecule has 2 unspecified atom stereocenters. The van der Waals surface area contributed by atoms with Gasteiger partial charge in [0.25, 0.3) is 0 Å². The number of rotatable bonds is 4. The van der Waals surface area contributed by atoms with Gasteiger partial charge < -0.3 is 19.7 Å². The van der Waals surface area contributed by atoms with E-state index in [0.29, 0.717) is 6.61 Å². The molecule has 0 amide bonds. The van der Waals surface area contributed by atoms with E-state index in [1.807, 2.05) is 41.1 Å². The zero-order valence-corrected chi connectivity index (χ0v) is 12.8. The number of aliphatic hydroxyl groups excluding tert-OH is 2. The standard InChI is InChI=1S/C6H14O3.C5H6O.C4H4S/c1-5(8)4-9-6(2)3-7;1-2-4-6-5-3-1;1-2-4-5-3-1/h5-8H,3-4H2,1-2H3;1-4H,5H2;1-4H. The quantitative estimate of drug-likeness (QED) is 0.897. The van der Waals surface area contributed by atoms with Gasteiger partial charge in [0.15, 0.2) is 0 Å². The second-order valence-electron chi connectivity index (χ2n) is 4.06. The average Bonchev–Trinajstić information content (AvgIpc) is 3.06. The van der Waals surface area contributed by atoms with Gasteiger partial charge in [-0.2, -0.15) is 11.3 Å². The third-order valence-electron chi connectivity index (χ3n) is 1.92. The lowest BCUT2D eigenvalue weighted by atomic mass is 10.4. The summed E-state index contributed by atoms with van der Waals surface area (Å²) < 4.78 is 9.75. The third-order valence-corrected chi connectivity index (χ3v) is 2.55. The van der Waals surface area contributed by atoms with Crippen LogP contribution in [-0.2, 0) is 9.47 Å². The lowest BCUT2D eigenvalue weighted by Gasteiger charge is -2.10. The van der Waals surface area contributed by atoms with Gasteiger partial charge >= 0.3 is 0 Å². The summed E-state index contributed by atoms with van der Waals surface area (Å²) in [6.07, 6.45) is 6.85. The lowest BCUT2D eigenvalue weighted by Crippen LogP contribution is -2.19. The average molecular weight is 300 g/mol. The first kappa shape index (κ1) is 18.9. The molecule has 4 nitrogen and oxygen atoms in total. The molecule has 5 heteroatoms. The van der Waals surface area contributed by atoms with Gasteiger partial charge in [0.1, 0.15) is 6.61 Å². The summed E-state index contributed by atoms with van der Waals surface area (Å²) in [4.78, 5) is 0. The van der Waals surface area contributed by atoms with Crippen molar-refractivity contribution in [2.75, 3.05) is 19.8 Å². The van der Waals surface area contributed by atoms with Crippen molar-refractivity contribution < 1.29 is 19.7 Å². The van der Waals surface area contributed by atoms with Crippen LogP contribution in [0.2, 0.25) is 0 Å². The van der Waals surface area contributed by atoms with E-state index in [2.05, 4.69) is 0 Å². The van der Waals surface area contributed by atoms with Crippen molar-refractivity contribution in [3.8, 4) is 0 Å². The Hall–Kier alpha value is -1.14. The van der Waals surface area contributed by atoms with E-state index in [9.17, 15) is 0 Å². The van der Waals surface area contributed by atoms with Gasteiger partial charge in [0.2, 0.25) is 0 Å². The minimum Gasteiger partial charge on any atom is -0.497 e. The van der Waals surface area contributed by atoms with Gasteiger partial charge in [0.05, 0.1) is 31.7 Å². The van der Waals surface area contributed by atoms with E-state index in [0.717, 1.165) is 6.61 Å². The molecule has 0 aliphatic carbocycles. The zero-order valence-electron chi connectivity index (χ0n) is 12.0. The van der Waals surface area contributed by atoms with Crippen LogP contribution in [0.4, 0.5) is 0 Å². The molecule has 0 bridgehead atoms. The number of allylic oxidation sites excluding steroid dienone is 2. The highest BCUT2D eigenvalue weighted by molar-refractivity contribution is 7.07. The summed E-state index contributed by atoms with van der Waals surface area (Å²) in [5.74, 6) is 0. The summed E-state index contributed by atoms with van der Waals surface area (Å²) in [5.41, 5.74) is 0. The molecule has 2 rings (SSSR count). The van der Waals surface area contributed by atoms with Crippen LogP contribution in [0.3, 0.4) is 0 Å². The van der Waals surface area contributed by atoms with E-state index in [1.54, 1.807) is 31.4 Å². The van der Waals surface area contributed by atoms with Crippen LogP contribution in [0.1, 0.15) is 13.8 Å². The third kappa shape index (κ3) is 14.9. The van der Waals surface area contributed by atoms with E-state index in [-0.39, 0.29) is 12.7 Å². The molecule has 2 atom stereocenters. The van der Waals surface area contributed by atoms with Gasteiger partial charge in [-0.25, -0.2) is 0 Å². The molecule has 0 spiro atoms. The molecule has 0 aromatic carbocycles.